The highest BCUT2D eigenvalue weighted by molar-refractivity contribution is 7.14. The molecule has 0 radical (unpaired) electrons. The van der Waals surface area contributed by atoms with E-state index >= 15 is 0 Å². The molecule has 4 rings (SSSR count). The van der Waals surface area contributed by atoms with Crippen LogP contribution < -0.4 is 5.32 Å². The van der Waals surface area contributed by atoms with Crippen molar-refractivity contribution in [2.45, 2.75) is 20.8 Å². The average Bonchev–Trinajstić information content (AvgIpc) is 3.30. The molecule has 0 spiro atoms. The average molecular weight is 385 g/mol. The van der Waals surface area contributed by atoms with Crippen molar-refractivity contribution in [3.05, 3.63) is 63.9 Å². The second-order valence-electron chi connectivity index (χ2n) is 6.09. The van der Waals surface area contributed by atoms with E-state index in [2.05, 4.69) is 40.3 Å². The fourth-order valence-corrected chi connectivity index (χ4v) is 3.80. The van der Waals surface area contributed by atoms with E-state index in [9.17, 15) is 0 Å². The van der Waals surface area contributed by atoms with Crippen molar-refractivity contribution in [3.8, 4) is 17.1 Å². The number of hydrogen-bond donors (Lipinski definition) is 1. The molecule has 3 heterocycles. The first-order chi connectivity index (χ1) is 12.5. The standard InChI is InChI=1S/C19H17ClN4OS/c1-11-8-16(13(3)24(11)18-9-12(2)25-23-18)17-10-26-19(22-17)21-15-6-4-14(20)5-7-15/h4-10H,1-3H3,(H,21,22). The van der Waals surface area contributed by atoms with Crippen molar-refractivity contribution in [3.63, 3.8) is 0 Å². The highest BCUT2D eigenvalue weighted by Gasteiger charge is 2.16. The van der Waals surface area contributed by atoms with Gasteiger partial charge in [-0.3, -0.25) is 4.57 Å². The van der Waals surface area contributed by atoms with E-state index in [4.69, 9.17) is 21.1 Å². The number of nitrogens with zero attached hydrogens (tertiary/aromatic N) is 3. The molecule has 0 amide bonds. The van der Waals surface area contributed by atoms with Crippen LogP contribution in [0.3, 0.4) is 0 Å². The van der Waals surface area contributed by atoms with Crippen LogP contribution >= 0.6 is 22.9 Å². The Morgan fingerprint density at radius 3 is 2.58 bits per heavy atom. The number of aromatic nitrogens is 3. The summed E-state index contributed by atoms with van der Waals surface area (Å²) >= 11 is 7.50. The Labute approximate surface area is 160 Å². The number of nitrogens with one attached hydrogen (secondary N) is 1. The van der Waals surface area contributed by atoms with Crippen molar-refractivity contribution >= 4 is 33.8 Å². The third-order valence-corrected chi connectivity index (χ3v) is 5.16. The van der Waals surface area contributed by atoms with Crippen molar-refractivity contribution in [2.75, 3.05) is 5.32 Å². The van der Waals surface area contributed by atoms with Crippen molar-refractivity contribution in [1.82, 2.24) is 14.7 Å². The summed E-state index contributed by atoms with van der Waals surface area (Å²) in [6.07, 6.45) is 0. The number of aryl methyl sites for hydroxylation is 2. The molecule has 3 aromatic heterocycles. The Morgan fingerprint density at radius 2 is 1.88 bits per heavy atom. The topological polar surface area (TPSA) is 55.9 Å². The zero-order chi connectivity index (χ0) is 18.3. The molecule has 1 aromatic carbocycles. The predicted octanol–water partition coefficient (Wildman–Crippen LogP) is 5.91. The Bertz CT molecular complexity index is 1060. The van der Waals surface area contributed by atoms with E-state index in [0.717, 1.165) is 45.0 Å². The van der Waals surface area contributed by atoms with Crippen LogP contribution in [0.1, 0.15) is 17.1 Å². The lowest BCUT2D eigenvalue weighted by Crippen LogP contribution is -1.99. The number of thiazole rings is 1. The summed E-state index contributed by atoms with van der Waals surface area (Å²) in [5.74, 6) is 1.58. The smallest absolute Gasteiger partial charge is 0.187 e. The maximum atomic E-state index is 5.93. The molecular formula is C19H17ClN4OS. The lowest BCUT2D eigenvalue weighted by atomic mass is 10.2. The molecule has 26 heavy (non-hydrogen) atoms. The summed E-state index contributed by atoms with van der Waals surface area (Å²) in [5.41, 5.74) is 5.15. The molecule has 1 N–H and O–H groups in total. The van der Waals surface area contributed by atoms with Gasteiger partial charge in [0.1, 0.15) is 5.76 Å². The summed E-state index contributed by atoms with van der Waals surface area (Å²) in [6, 6.07) is 11.6. The van der Waals surface area contributed by atoms with E-state index in [-0.39, 0.29) is 0 Å². The first-order valence-electron chi connectivity index (χ1n) is 8.12. The fraction of sp³-hybridized carbons (Fsp3) is 0.158. The number of halogens is 1. The normalized spacial score (nSPS) is 11.1. The molecule has 0 aliphatic rings. The molecular weight excluding hydrogens is 368 g/mol. The van der Waals surface area contributed by atoms with Crippen LogP contribution in [0, 0.1) is 20.8 Å². The first-order valence-corrected chi connectivity index (χ1v) is 9.38. The van der Waals surface area contributed by atoms with Gasteiger partial charge >= 0.3 is 0 Å². The van der Waals surface area contributed by atoms with E-state index in [0.29, 0.717) is 5.02 Å². The Hall–Kier alpha value is -2.57. The van der Waals surface area contributed by atoms with E-state index in [1.54, 1.807) is 11.3 Å². The minimum Gasteiger partial charge on any atom is -0.360 e. The van der Waals surface area contributed by atoms with Crippen LogP contribution in [-0.2, 0) is 0 Å². The zero-order valence-electron chi connectivity index (χ0n) is 14.6. The van der Waals surface area contributed by atoms with Gasteiger partial charge in [-0.2, -0.15) is 0 Å². The molecule has 0 saturated heterocycles. The van der Waals surface area contributed by atoms with Crippen LogP contribution in [0.15, 0.2) is 46.3 Å². The molecule has 4 aromatic rings. The quantitative estimate of drug-likeness (QED) is 0.475. The number of rotatable bonds is 4. The molecule has 0 fully saturated rings. The van der Waals surface area contributed by atoms with Crippen LogP contribution in [0.2, 0.25) is 5.02 Å². The van der Waals surface area contributed by atoms with Gasteiger partial charge in [0.05, 0.1) is 5.69 Å². The lowest BCUT2D eigenvalue weighted by Gasteiger charge is -2.04. The largest absolute Gasteiger partial charge is 0.360 e. The second-order valence-corrected chi connectivity index (χ2v) is 7.38. The van der Waals surface area contributed by atoms with Crippen LogP contribution in [0.25, 0.3) is 17.1 Å². The summed E-state index contributed by atoms with van der Waals surface area (Å²) in [5, 5.41) is 11.0. The third kappa shape index (κ3) is 3.13. The second kappa shape index (κ2) is 6.63. The number of benzene rings is 1. The maximum absolute atomic E-state index is 5.93. The van der Waals surface area contributed by atoms with Crippen LogP contribution in [0.5, 0.6) is 0 Å². The number of hydrogen-bond acceptors (Lipinski definition) is 5. The minimum atomic E-state index is 0.714. The Balaban J connectivity index is 1.64. The summed E-state index contributed by atoms with van der Waals surface area (Å²) in [6.45, 7) is 6.01. The monoisotopic (exact) mass is 384 g/mol. The van der Waals surface area contributed by atoms with Gasteiger partial charge in [-0.1, -0.05) is 16.8 Å². The van der Waals surface area contributed by atoms with Gasteiger partial charge in [-0.15, -0.1) is 11.3 Å². The highest BCUT2D eigenvalue weighted by atomic mass is 35.5. The summed E-state index contributed by atoms with van der Waals surface area (Å²) in [4.78, 5) is 4.73. The zero-order valence-corrected chi connectivity index (χ0v) is 16.1. The molecule has 0 aliphatic heterocycles. The molecule has 0 saturated carbocycles. The SMILES string of the molecule is Cc1cc(-n2c(C)cc(-c3csc(Nc4ccc(Cl)cc4)n3)c2C)no1. The number of anilines is 2. The molecule has 0 atom stereocenters. The van der Waals surface area contributed by atoms with Gasteiger partial charge in [0.2, 0.25) is 0 Å². The molecule has 0 bridgehead atoms. The molecule has 0 unspecified atom stereocenters. The fourth-order valence-electron chi connectivity index (χ4n) is 2.94. The van der Waals surface area contributed by atoms with Crippen LogP contribution in [0.4, 0.5) is 10.8 Å². The summed E-state index contributed by atoms with van der Waals surface area (Å²) in [7, 11) is 0. The Kier molecular flexibility index (Phi) is 4.30. The van der Waals surface area contributed by atoms with Gasteiger partial charge in [0.25, 0.3) is 0 Å². The van der Waals surface area contributed by atoms with Crippen molar-refractivity contribution in [1.29, 1.82) is 0 Å². The summed E-state index contributed by atoms with van der Waals surface area (Å²) < 4.78 is 7.30. The first kappa shape index (κ1) is 16.9. The lowest BCUT2D eigenvalue weighted by molar-refractivity contribution is 0.394. The maximum Gasteiger partial charge on any atom is 0.187 e. The van der Waals surface area contributed by atoms with Gasteiger partial charge in [-0.05, 0) is 51.1 Å². The van der Waals surface area contributed by atoms with Crippen molar-refractivity contribution in [2.24, 2.45) is 0 Å². The van der Waals surface area contributed by atoms with Gasteiger partial charge in [0, 0.05) is 39.1 Å². The Morgan fingerprint density at radius 1 is 1.12 bits per heavy atom. The molecule has 5 nitrogen and oxygen atoms in total. The van der Waals surface area contributed by atoms with Gasteiger partial charge in [0.15, 0.2) is 10.9 Å². The minimum absolute atomic E-state index is 0.714. The molecule has 132 valence electrons. The van der Waals surface area contributed by atoms with E-state index in [1.165, 1.54) is 0 Å². The molecule has 0 aliphatic carbocycles. The van der Waals surface area contributed by atoms with Gasteiger partial charge < -0.3 is 9.84 Å². The van der Waals surface area contributed by atoms with E-state index < -0.39 is 0 Å². The predicted molar refractivity (Wildman–Crippen MR) is 106 cm³/mol. The van der Waals surface area contributed by atoms with E-state index in [1.807, 2.05) is 37.3 Å². The highest BCUT2D eigenvalue weighted by Crippen LogP contribution is 2.32. The van der Waals surface area contributed by atoms with Crippen LogP contribution in [-0.4, -0.2) is 14.7 Å². The third-order valence-electron chi connectivity index (χ3n) is 4.15. The van der Waals surface area contributed by atoms with Crippen molar-refractivity contribution < 1.29 is 4.52 Å². The molecule has 7 heteroatoms. The van der Waals surface area contributed by atoms with Gasteiger partial charge in [-0.25, -0.2) is 4.98 Å².